The van der Waals surface area contributed by atoms with Crippen molar-refractivity contribution >= 4 is 10.8 Å². The van der Waals surface area contributed by atoms with E-state index in [1.807, 2.05) is 24.3 Å². The second-order valence-corrected chi connectivity index (χ2v) is 9.34. The molecule has 0 radical (unpaired) electrons. The van der Waals surface area contributed by atoms with Crippen LogP contribution in [0.3, 0.4) is 0 Å². The third kappa shape index (κ3) is 6.39. The third-order valence-corrected chi connectivity index (χ3v) is 6.69. The number of rotatable bonds is 10. The highest BCUT2D eigenvalue weighted by molar-refractivity contribution is 5.84. The van der Waals surface area contributed by atoms with Gasteiger partial charge in [0, 0.05) is 17.7 Å². The first-order chi connectivity index (χ1) is 16.5. The summed E-state index contributed by atoms with van der Waals surface area (Å²) in [7, 11) is 0. The van der Waals surface area contributed by atoms with Crippen molar-refractivity contribution < 1.29 is 22.6 Å². The van der Waals surface area contributed by atoms with Crippen LogP contribution in [0, 0.1) is 23.4 Å². The molecule has 4 rings (SSSR count). The van der Waals surface area contributed by atoms with Crippen molar-refractivity contribution in [2.24, 2.45) is 5.92 Å². The lowest BCUT2D eigenvalue weighted by Crippen LogP contribution is -2.32. The predicted molar refractivity (Wildman–Crippen MR) is 129 cm³/mol. The van der Waals surface area contributed by atoms with Gasteiger partial charge in [0.15, 0.2) is 17.9 Å². The zero-order chi connectivity index (χ0) is 23.9. The highest BCUT2D eigenvalue weighted by Crippen LogP contribution is 2.26. The summed E-state index contributed by atoms with van der Waals surface area (Å²) in [6.45, 7) is 3.75. The van der Waals surface area contributed by atoms with Crippen LogP contribution in [0.25, 0.3) is 10.8 Å². The Labute approximate surface area is 200 Å². The molecule has 182 valence electrons. The molecule has 2 nitrogen and oxygen atoms in total. The summed E-state index contributed by atoms with van der Waals surface area (Å²) < 4.78 is 53.5. The van der Waals surface area contributed by atoms with Crippen LogP contribution in [-0.2, 0) is 28.7 Å². The van der Waals surface area contributed by atoms with Crippen LogP contribution in [0.2, 0.25) is 0 Å². The minimum absolute atomic E-state index is 0.173. The summed E-state index contributed by atoms with van der Waals surface area (Å²) >= 11 is 0. The van der Waals surface area contributed by atoms with E-state index in [1.165, 1.54) is 37.8 Å². The quantitative estimate of drug-likeness (QED) is 0.285. The highest BCUT2D eigenvalue weighted by atomic mass is 19.2. The molecule has 0 saturated carbocycles. The number of ether oxygens (including phenoxy) is 2. The van der Waals surface area contributed by atoms with Gasteiger partial charge in [-0.3, -0.25) is 0 Å². The van der Waals surface area contributed by atoms with Gasteiger partial charge in [0.05, 0.1) is 13.2 Å². The molecule has 1 aliphatic heterocycles. The lowest BCUT2D eigenvalue weighted by molar-refractivity contribution is -0.203. The van der Waals surface area contributed by atoms with Gasteiger partial charge in [-0.05, 0) is 59.9 Å². The van der Waals surface area contributed by atoms with E-state index in [0.29, 0.717) is 35.3 Å². The van der Waals surface area contributed by atoms with E-state index in [-0.39, 0.29) is 12.1 Å². The molecule has 1 fully saturated rings. The van der Waals surface area contributed by atoms with Gasteiger partial charge in [0.1, 0.15) is 5.82 Å². The molecule has 34 heavy (non-hydrogen) atoms. The number of halogens is 3. The number of fused-ring (bicyclic) bond motifs is 1. The van der Waals surface area contributed by atoms with Gasteiger partial charge in [-0.25, -0.2) is 13.2 Å². The molecule has 0 amide bonds. The Morgan fingerprint density at radius 1 is 0.765 bits per heavy atom. The number of benzene rings is 3. The fourth-order valence-electron chi connectivity index (χ4n) is 4.59. The summed E-state index contributed by atoms with van der Waals surface area (Å²) in [4.78, 5) is 0. The Morgan fingerprint density at radius 3 is 2.29 bits per heavy atom. The van der Waals surface area contributed by atoms with E-state index in [4.69, 9.17) is 9.47 Å². The second-order valence-electron chi connectivity index (χ2n) is 9.34. The van der Waals surface area contributed by atoms with Crippen molar-refractivity contribution in [2.45, 2.75) is 64.6 Å². The van der Waals surface area contributed by atoms with Crippen molar-refractivity contribution in [2.75, 3.05) is 13.2 Å². The maximum absolute atomic E-state index is 15.1. The van der Waals surface area contributed by atoms with Crippen molar-refractivity contribution in [3.63, 3.8) is 0 Å². The summed E-state index contributed by atoms with van der Waals surface area (Å²) in [6.07, 6.45) is 7.17. The van der Waals surface area contributed by atoms with Gasteiger partial charge in [0.2, 0.25) is 0 Å². The first kappa shape index (κ1) is 24.7. The number of unbranched alkanes of at least 4 members (excludes halogenated alkanes) is 2. The first-order valence-electron chi connectivity index (χ1n) is 12.4. The molecular weight excluding hydrogens is 437 g/mol. The van der Waals surface area contributed by atoms with Crippen LogP contribution in [0.15, 0.2) is 48.5 Å². The largest absolute Gasteiger partial charge is 0.352 e. The smallest absolute Gasteiger partial charge is 0.159 e. The molecule has 1 heterocycles. The predicted octanol–water partition coefficient (Wildman–Crippen LogP) is 7.54. The van der Waals surface area contributed by atoms with Gasteiger partial charge in [-0.1, -0.05) is 62.6 Å². The average molecular weight is 471 g/mol. The summed E-state index contributed by atoms with van der Waals surface area (Å²) in [5.74, 6) is -1.49. The Balaban J connectivity index is 1.31. The molecule has 0 aromatic heterocycles. The highest BCUT2D eigenvalue weighted by Gasteiger charge is 2.21. The first-order valence-corrected chi connectivity index (χ1v) is 12.4. The maximum Gasteiger partial charge on any atom is 0.159 e. The van der Waals surface area contributed by atoms with Crippen molar-refractivity contribution in [3.8, 4) is 0 Å². The maximum atomic E-state index is 15.1. The molecule has 0 bridgehead atoms. The van der Waals surface area contributed by atoms with Gasteiger partial charge in [-0.2, -0.15) is 0 Å². The molecule has 5 heteroatoms. The third-order valence-electron chi connectivity index (χ3n) is 6.69. The zero-order valence-electron chi connectivity index (χ0n) is 19.8. The van der Waals surface area contributed by atoms with E-state index in [1.54, 1.807) is 6.07 Å². The zero-order valence-corrected chi connectivity index (χ0v) is 19.8. The summed E-state index contributed by atoms with van der Waals surface area (Å²) in [5.41, 5.74) is 2.34. The molecule has 3 aromatic carbocycles. The van der Waals surface area contributed by atoms with Crippen LogP contribution >= 0.6 is 0 Å². The topological polar surface area (TPSA) is 18.5 Å². The summed E-state index contributed by atoms with van der Waals surface area (Å²) in [6, 6.07) is 13.3. The van der Waals surface area contributed by atoms with Crippen LogP contribution in [0.4, 0.5) is 13.2 Å². The average Bonchev–Trinajstić information content (AvgIpc) is 2.85. The van der Waals surface area contributed by atoms with Gasteiger partial charge < -0.3 is 9.47 Å². The van der Waals surface area contributed by atoms with E-state index in [0.717, 1.165) is 43.1 Å². The Morgan fingerprint density at radius 2 is 1.53 bits per heavy atom. The van der Waals surface area contributed by atoms with E-state index in [2.05, 4.69) is 6.92 Å². The van der Waals surface area contributed by atoms with Gasteiger partial charge in [0.25, 0.3) is 0 Å². The Hall–Kier alpha value is -2.37. The number of hydrogen-bond acceptors (Lipinski definition) is 2. The normalized spacial score (nSPS) is 18.5. The van der Waals surface area contributed by atoms with Crippen molar-refractivity contribution in [1.82, 2.24) is 0 Å². The second kappa shape index (κ2) is 11.9. The standard InChI is InChI=1S/C29H33F3O2/c1-2-3-4-5-22-18-33-28(34-19-22)15-9-20-7-13-25-24(16-20)12-11-23(29(25)32)10-6-21-8-14-26(30)27(31)17-21/h7-8,11-14,16-17,22,28H,2-6,9-10,15,18-19H2,1H3. The fraction of sp³-hybridized carbons (Fsp3) is 0.448. The van der Waals surface area contributed by atoms with E-state index < -0.39 is 11.6 Å². The van der Waals surface area contributed by atoms with Crippen LogP contribution in [-0.4, -0.2) is 19.5 Å². The van der Waals surface area contributed by atoms with Crippen LogP contribution in [0.1, 0.15) is 55.7 Å². The Bertz CT molecular complexity index is 1090. The molecule has 0 spiro atoms. The monoisotopic (exact) mass is 470 g/mol. The fourth-order valence-corrected chi connectivity index (χ4v) is 4.59. The van der Waals surface area contributed by atoms with E-state index in [9.17, 15) is 8.78 Å². The molecule has 0 unspecified atom stereocenters. The SMILES string of the molecule is CCCCCC1COC(CCc2ccc3c(F)c(CCc4ccc(F)c(F)c4)ccc3c2)OC1. The molecule has 0 atom stereocenters. The van der Waals surface area contributed by atoms with Crippen LogP contribution < -0.4 is 0 Å². The summed E-state index contributed by atoms with van der Waals surface area (Å²) in [5, 5.41) is 1.43. The molecule has 1 aliphatic rings. The Kier molecular flexibility index (Phi) is 8.63. The minimum atomic E-state index is -0.875. The minimum Gasteiger partial charge on any atom is -0.352 e. The lowest BCUT2D eigenvalue weighted by Gasteiger charge is -2.29. The van der Waals surface area contributed by atoms with Gasteiger partial charge >= 0.3 is 0 Å². The molecule has 0 N–H and O–H groups in total. The van der Waals surface area contributed by atoms with Crippen LogP contribution in [0.5, 0.6) is 0 Å². The van der Waals surface area contributed by atoms with Gasteiger partial charge in [-0.15, -0.1) is 0 Å². The number of hydrogen-bond donors (Lipinski definition) is 0. The number of aryl methyl sites for hydroxylation is 3. The van der Waals surface area contributed by atoms with Crippen molar-refractivity contribution in [3.05, 3.63) is 82.7 Å². The molecule has 3 aromatic rings. The lowest BCUT2D eigenvalue weighted by atomic mass is 9.98. The molecular formula is C29H33F3O2. The van der Waals surface area contributed by atoms with E-state index >= 15 is 4.39 Å². The van der Waals surface area contributed by atoms with Crippen molar-refractivity contribution in [1.29, 1.82) is 0 Å². The molecule has 1 saturated heterocycles. The molecule has 0 aliphatic carbocycles.